The van der Waals surface area contributed by atoms with Crippen LogP contribution in [-0.4, -0.2) is 15.2 Å². The summed E-state index contributed by atoms with van der Waals surface area (Å²) in [6.45, 7) is 2.05. The zero-order valence-corrected chi connectivity index (χ0v) is 8.05. The summed E-state index contributed by atoms with van der Waals surface area (Å²) in [7, 11) is 0. The monoisotopic (exact) mass is 191 g/mol. The van der Waals surface area contributed by atoms with Crippen molar-refractivity contribution in [3.05, 3.63) is 29.8 Å². The van der Waals surface area contributed by atoms with Gasteiger partial charge < -0.3 is 4.98 Å². The van der Waals surface area contributed by atoms with Crippen molar-refractivity contribution in [3.8, 4) is 11.4 Å². The van der Waals surface area contributed by atoms with Crippen molar-refractivity contribution in [2.45, 2.75) is 12.1 Å². The molecule has 1 heterocycles. The number of rotatable bonds is 1. The molecule has 0 spiro atoms. The topological polar surface area (TPSA) is 41.6 Å². The standard InChI is InChI=1S/C9H9N3S/c1-6-2-4-7(5-3-6)8-10-9(13)12-11-8/h2-5H,1H3,(H2,10,11,12,13). The van der Waals surface area contributed by atoms with Crippen molar-refractivity contribution in [2.24, 2.45) is 0 Å². The minimum absolute atomic E-state index is 0.538. The van der Waals surface area contributed by atoms with E-state index in [1.165, 1.54) is 5.56 Å². The normalized spacial score (nSPS) is 10.3. The number of H-pyrrole nitrogens is 1. The molecule has 0 saturated carbocycles. The third kappa shape index (κ3) is 1.72. The van der Waals surface area contributed by atoms with Crippen LogP contribution in [0.5, 0.6) is 0 Å². The van der Waals surface area contributed by atoms with Crippen LogP contribution in [0.25, 0.3) is 11.4 Å². The molecule has 0 fully saturated rings. The summed E-state index contributed by atoms with van der Waals surface area (Å²) in [6.07, 6.45) is 0. The van der Waals surface area contributed by atoms with Gasteiger partial charge >= 0.3 is 0 Å². The Morgan fingerprint density at radius 2 is 1.85 bits per heavy atom. The highest BCUT2D eigenvalue weighted by atomic mass is 32.1. The van der Waals surface area contributed by atoms with Crippen LogP contribution in [0, 0.1) is 6.92 Å². The van der Waals surface area contributed by atoms with Gasteiger partial charge in [0.1, 0.15) is 0 Å². The van der Waals surface area contributed by atoms with Gasteiger partial charge in [0.2, 0.25) is 0 Å². The number of hydrogen-bond donors (Lipinski definition) is 2. The molecule has 1 aromatic carbocycles. The molecule has 0 unspecified atom stereocenters. The van der Waals surface area contributed by atoms with E-state index >= 15 is 0 Å². The molecule has 3 nitrogen and oxygen atoms in total. The van der Waals surface area contributed by atoms with Gasteiger partial charge in [-0.25, -0.2) is 0 Å². The third-order valence-corrected chi connectivity index (χ3v) is 2.00. The Kier molecular flexibility index (Phi) is 2.06. The fraction of sp³-hybridized carbons (Fsp3) is 0.111. The fourth-order valence-electron chi connectivity index (χ4n) is 1.09. The minimum Gasteiger partial charge on any atom is -0.316 e. The van der Waals surface area contributed by atoms with Crippen molar-refractivity contribution in [1.29, 1.82) is 0 Å². The van der Waals surface area contributed by atoms with Crippen molar-refractivity contribution >= 4 is 12.6 Å². The number of benzene rings is 1. The number of aromatic nitrogens is 3. The zero-order valence-electron chi connectivity index (χ0n) is 7.15. The van der Waals surface area contributed by atoms with Crippen LogP contribution < -0.4 is 0 Å². The predicted octanol–water partition coefficient (Wildman–Crippen LogP) is 2.07. The van der Waals surface area contributed by atoms with Gasteiger partial charge in [0.25, 0.3) is 0 Å². The first-order valence-electron chi connectivity index (χ1n) is 3.94. The average Bonchev–Trinajstić information content (AvgIpc) is 2.53. The Bertz CT molecular complexity index is 405. The quantitative estimate of drug-likeness (QED) is 0.677. The second-order valence-corrected chi connectivity index (χ2v) is 3.29. The molecule has 0 aliphatic rings. The Hall–Kier alpha value is -1.29. The van der Waals surface area contributed by atoms with E-state index in [1.807, 2.05) is 31.2 Å². The van der Waals surface area contributed by atoms with Gasteiger partial charge in [0.05, 0.1) is 0 Å². The molecule has 0 bridgehead atoms. The van der Waals surface area contributed by atoms with Crippen molar-refractivity contribution in [2.75, 3.05) is 0 Å². The van der Waals surface area contributed by atoms with E-state index < -0.39 is 0 Å². The number of nitrogens with zero attached hydrogens (tertiary/aromatic N) is 2. The number of aromatic amines is 1. The molecule has 0 aliphatic heterocycles. The van der Waals surface area contributed by atoms with Crippen LogP contribution in [0.1, 0.15) is 5.56 Å². The van der Waals surface area contributed by atoms with Crippen molar-refractivity contribution < 1.29 is 0 Å². The molecule has 4 heteroatoms. The predicted molar refractivity (Wildman–Crippen MR) is 53.8 cm³/mol. The molecule has 2 rings (SSSR count). The molecule has 13 heavy (non-hydrogen) atoms. The van der Waals surface area contributed by atoms with Crippen LogP contribution in [-0.2, 0) is 0 Å². The van der Waals surface area contributed by atoms with Crippen LogP contribution in [0.15, 0.2) is 29.4 Å². The number of hydrogen-bond acceptors (Lipinski definition) is 3. The molecule has 0 saturated heterocycles. The maximum atomic E-state index is 4.05. The Labute approximate surface area is 81.6 Å². The van der Waals surface area contributed by atoms with Crippen LogP contribution >= 0.6 is 12.6 Å². The van der Waals surface area contributed by atoms with Crippen LogP contribution in [0.4, 0.5) is 0 Å². The molecular weight excluding hydrogens is 182 g/mol. The first-order valence-corrected chi connectivity index (χ1v) is 4.39. The lowest BCUT2D eigenvalue weighted by molar-refractivity contribution is 0.980. The van der Waals surface area contributed by atoms with E-state index in [1.54, 1.807) is 0 Å². The Morgan fingerprint density at radius 1 is 1.15 bits per heavy atom. The second kappa shape index (κ2) is 3.22. The highest BCUT2D eigenvalue weighted by molar-refractivity contribution is 7.80. The summed E-state index contributed by atoms with van der Waals surface area (Å²) in [5.41, 5.74) is 2.26. The van der Waals surface area contributed by atoms with Gasteiger partial charge in [-0.1, -0.05) is 29.8 Å². The SMILES string of the molecule is Cc1ccc(-c2nnc(S)[nH]2)cc1. The summed E-state index contributed by atoms with van der Waals surface area (Å²) in [5.74, 6) is 0.755. The third-order valence-electron chi connectivity index (χ3n) is 1.80. The van der Waals surface area contributed by atoms with Gasteiger partial charge in [-0.05, 0) is 6.92 Å². The van der Waals surface area contributed by atoms with Crippen LogP contribution in [0.2, 0.25) is 0 Å². The van der Waals surface area contributed by atoms with E-state index in [0.717, 1.165) is 11.4 Å². The van der Waals surface area contributed by atoms with Gasteiger partial charge in [-0.15, -0.1) is 22.8 Å². The maximum Gasteiger partial charge on any atom is 0.185 e. The molecular formula is C9H9N3S. The van der Waals surface area contributed by atoms with Gasteiger partial charge in [0, 0.05) is 5.56 Å². The molecule has 0 atom stereocenters. The van der Waals surface area contributed by atoms with Crippen molar-refractivity contribution in [1.82, 2.24) is 15.2 Å². The lowest BCUT2D eigenvalue weighted by atomic mass is 10.1. The van der Waals surface area contributed by atoms with Crippen molar-refractivity contribution in [3.63, 3.8) is 0 Å². The molecule has 2 aromatic rings. The lowest BCUT2D eigenvalue weighted by Crippen LogP contribution is -1.80. The summed E-state index contributed by atoms with van der Waals surface area (Å²) < 4.78 is 0. The summed E-state index contributed by atoms with van der Waals surface area (Å²) >= 11 is 4.05. The van der Waals surface area contributed by atoms with E-state index in [4.69, 9.17) is 0 Å². The molecule has 0 amide bonds. The second-order valence-electron chi connectivity index (χ2n) is 2.86. The Balaban J connectivity index is 2.41. The average molecular weight is 191 g/mol. The van der Waals surface area contributed by atoms with Gasteiger partial charge in [-0.2, -0.15) is 0 Å². The van der Waals surface area contributed by atoms with E-state index in [-0.39, 0.29) is 0 Å². The molecule has 66 valence electrons. The largest absolute Gasteiger partial charge is 0.316 e. The van der Waals surface area contributed by atoms with Gasteiger partial charge in [0.15, 0.2) is 11.0 Å². The Morgan fingerprint density at radius 3 is 2.38 bits per heavy atom. The highest BCUT2D eigenvalue weighted by Crippen LogP contribution is 2.15. The maximum absolute atomic E-state index is 4.05. The number of nitrogens with one attached hydrogen (secondary N) is 1. The number of aryl methyl sites for hydroxylation is 1. The van der Waals surface area contributed by atoms with Crippen LogP contribution in [0.3, 0.4) is 0 Å². The molecule has 0 radical (unpaired) electrons. The highest BCUT2D eigenvalue weighted by Gasteiger charge is 2.01. The summed E-state index contributed by atoms with van der Waals surface area (Å²) in [5, 5.41) is 8.25. The first-order chi connectivity index (χ1) is 6.25. The van der Waals surface area contributed by atoms with E-state index in [9.17, 15) is 0 Å². The van der Waals surface area contributed by atoms with E-state index in [0.29, 0.717) is 5.16 Å². The molecule has 1 aromatic heterocycles. The number of thiol groups is 1. The lowest BCUT2D eigenvalue weighted by Gasteiger charge is -1.95. The minimum atomic E-state index is 0.538. The van der Waals surface area contributed by atoms with E-state index in [2.05, 4.69) is 27.8 Å². The van der Waals surface area contributed by atoms with Gasteiger partial charge in [-0.3, -0.25) is 0 Å². The fourth-order valence-corrected chi connectivity index (χ4v) is 1.25. The smallest absolute Gasteiger partial charge is 0.185 e. The zero-order chi connectivity index (χ0) is 9.26. The molecule has 0 aliphatic carbocycles. The summed E-state index contributed by atoms with van der Waals surface area (Å²) in [4.78, 5) is 2.95. The molecule has 1 N–H and O–H groups in total. The summed E-state index contributed by atoms with van der Waals surface area (Å²) in [6, 6.07) is 8.08. The first kappa shape index (κ1) is 8.31.